The van der Waals surface area contributed by atoms with Crippen LogP contribution in [0.3, 0.4) is 0 Å². The van der Waals surface area contributed by atoms with Crippen LogP contribution in [-0.2, 0) is 4.79 Å². The molecule has 1 N–H and O–H groups in total. The first-order valence-corrected chi connectivity index (χ1v) is 7.11. The largest absolute Gasteiger partial charge is 0.355 e. The molecule has 102 valence electrons. The molecule has 0 heterocycles. The molecular formula is C14H25N3O. The van der Waals surface area contributed by atoms with E-state index in [0.29, 0.717) is 12.6 Å². The summed E-state index contributed by atoms with van der Waals surface area (Å²) in [6.07, 6.45) is 6.77. The number of amides is 1. The number of carbonyl (C=O) groups is 1. The lowest BCUT2D eigenvalue weighted by Crippen LogP contribution is -2.49. The molecule has 0 radical (unpaired) electrons. The topological polar surface area (TPSA) is 56.1 Å². The lowest BCUT2D eigenvalue weighted by Gasteiger charge is -2.31. The Morgan fingerprint density at radius 2 is 2.17 bits per heavy atom. The van der Waals surface area contributed by atoms with Crippen LogP contribution in [0.2, 0.25) is 0 Å². The average Bonchev–Trinajstić information content (AvgIpc) is 2.89. The van der Waals surface area contributed by atoms with Gasteiger partial charge in [-0.2, -0.15) is 5.26 Å². The number of carbonyl (C=O) groups excluding carboxylic acids is 1. The predicted octanol–water partition coefficient (Wildman–Crippen LogP) is 2.06. The molecule has 0 aromatic rings. The maximum atomic E-state index is 12.0. The summed E-state index contributed by atoms with van der Waals surface area (Å²) in [5.41, 5.74) is 0. The second-order valence-electron chi connectivity index (χ2n) is 5.09. The number of hydrogen-bond donors (Lipinski definition) is 1. The molecule has 0 spiro atoms. The summed E-state index contributed by atoms with van der Waals surface area (Å²) >= 11 is 0. The highest BCUT2D eigenvalue weighted by Crippen LogP contribution is 2.24. The third-order valence-corrected chi connectivity index (χ3v) is 3.75. The van der Waals surface area contributed by atoms with Gasteiger partial charge in [-0.3, -0.25) is 9.69 Å². The molecule has 1 aliphatic carbocycles. The third kappa shape index (κ3) is 4.30. The molecule has 0 bridgehead atoms. The van der Waals surface area contributed by atoms with Crippen LogP contribution in [-0.4, -0.2) is 36.0 Å². The number of nitriles is 1. The van der Waals surface area contributed by atoms with Crippen molar-refractivity contribution in [2.75, 3.05) is 13.1 Å². The minimum absolute atomic E-state index is 0.0607. The van der Waals surface area contributed by atoms with Crippen LogP contribution in [0.5, 0.6) is 0 Å². The summed E-state index contributed by atoms with van der Waals surface area (Å²) in [7, 11) is 0. The zero-order valence-electron chi connectivity index (χ0n) is 11.6. The van der Waals surface area contributed by atoms with E-state index >= 15 is 0 Å². The van der Waals surface area contributed by atoms with E-state index in [1.807, 2.05) is 6.92 Å². The molecule has 4 heteroatoms. The highest BCUT2D eigenvalue weighted by molar-refractivity contribution is 5.81. The fraction of sp³-hybridized carbons (Fsp3) is 0.857. The Hall–Kier alpha value is -1.08. The van der Waals surface area contributed by atoms with E-state index in [2.05, 4.69) is 23.2 Å². The molecule has 1 rings (SSSR count). The molecule has 4 nitrogen and oxygen atoms in total. The summed E-state index contributed by atoms with van der Waals surface area (Å²) in [5, 5.41) is 11.9. The maximum Gasteiger partial charge on any atom is 0.237 e. The van der Waals surface area contributed by atoms with Crippen molar-refractivity contribution in [3.05, 3.63) is 0 Å². The predicted molar refractivity (Wildman–Crippen MR) is 72.0 cm³/mol. The quantitative estimate of drug-likeness (QED) is 0.556. The smallest absolute Gasteiger partial charge is 0.237 e. The van der Waals surface area contributed by atoms with Crippen LogP contribution >= 0.6 is 0 Å². The van der Waals surface area contributed by atoms with Gasteiger partial charge in [0, 0.05) is 12.6 Å². The van der Waals surface area contributed by atoms with Gasteiger partial charge in [0.05, 0.1) is 18.7 Å². The van der Waals surface area contributed by atoms with Crippen LogP contribution in [0.25, 0.3) is 0 Å². The SMILES string of the molecule is CCCCNC(=O)C(C)N(CC#N)C1CCCC1. The minimum Gasteiger partial charge on any atom is -0.355 e. The maximum absolute atomic E-state index is 12.0. The fourth-order valence-electron chi connectivity index (χ4n) is 2.59. The minimum atomic E-state index is -0.190. The van der Waals surface area contributed by atoms with Gasteiger partial charge in [0.15, 0.2) is 0 Å². The summed E-state index contributed by atoms with van der Waals surface area (Å²) in [5.74, 6) is 0.0607. The van der Waals surface area contributed by atoms with Crippen LogP contribution in [0, 0.1) is 11.3 Å². The highest BCUT2D eigenvalue weighted by atomic mass is 16.2. The molecule has 1 saturated carbocycles. The van der Waals surface area contributed by atoms with Gasteiger partial charge in [-0.15, -0.1) is 0 Å². The van der Waals surface area contributed by atoms with Gasteiger partial charge in [0.1, 0.15) is 0 Å². The van der Waals surface area contributed by atoms with Crippen molar-refractivity contribution in [2.45, 2.75) is 64.5 Å². The van der Waals surface area contributed by atoms with E-state index in [4.69, 9.17) is 5.26 Å². The normalized spacial score (nSPS) is 17.7. The fourth-order valence-corrected chi connectivity index (χ4v) is 2.59. The first-order chi connectivity index (χ1) is 8.70. The van der Waals surface area contributed by atoms with Crippen LogP contribution in [0.1, 0.15) is 52.4 Å². The molecule has 0 aromatic carbocycles. The molecule has 1 aliphatic rings. The second-order valence-corrected chi connectivity index (χ2v) is 5.09. The number of nitrogens with zero attached hydrogens (tertiary/aromatic N) is 2. The number of hydrogen-bond acceptors (Lipinski definition) is 3. The van der Waals surface area contributed by atoms with Crippen molar-refractivity contribution in [1.82, 2.24) is 10.2 Å². The van der Waals surface area contributed by atoms with E-state index in [-0.39, 0.29) is 11.9 Å². The zero-order chi connectivity index (χ0) is 13.4. The highest BCUT2D eigenvalue weighted by Gasteiger charge is 2.29. The monoisotopic (exact) mass is 251 g/mol. The number of unbranched alkanes of at least 4 members (excludes halogenated alkanes) is 1. The van der Waals surface area contributed by atoms with Gasteiger partial charge in [-0.1, -0.05) is 26.2 Å². The number of rotatable bonds is 7. The van der Waals surface area contributed by atoms with Gasteiger partial charge in [0.2, 0.25) is 5.91 Å². The third-order valence-electron chi connectivity index (χ3n) is 3.75. The first kappa shape index (κ1) is 15.0. The van der Waals surface area contributed by atoms with Crippen molar-refractivity contribution >= 4 is 5.91 Å². The molecular weight excluding hydrogens is 226 g/mol. The summed E-state index contributed by atoms with van der Waals surface area (Å²) in [6.45, 7) is 5.12. The van der Waals surface area contributed by atoms with E-state index < -0.39 is 0 Å². The first-order valence-electron chi connectivity index (χ1n) is 7.11. The molecule has 1 unspecified atom stereocenters. The van der Waals surface area contributed by atoms with Gasteiger partial charge in [0.25, 0.3) is 0 Å². The van der Waals surface area contributed by atoms with Gasteiger partial charge < -0.3 is 5.32 Å². The van der Waals surface area contributed by atoms with Crippen molar-refractivity contribution in [1.29, 1.82) is 5.26 Å². The van der Waals surface area contributed by atoms with Gasteiger partial charge in [-0.05, 0) is 26.2 Å². The molecule has 0 aromatic heterocycles. The molecule has 0 aliphatic heterocycles. The van der Waals surface area contributed by atoms with E-state index in [1.165, 1.54) is 12.8 Å². The van der Waals surface area contributed by atoms with Crippen molar-refractivity contribution < 1.29 is 4.79 Å². The summed E-state index contributed by atoms with van der Waals surface area (Å²) in [4.78, 5) is 14.1. The van der Waals surface area contributed by atoms with E-state index in [0.717, 1.165) is 32.2 Å². The lowest BCUT2D eigenvalue weighted by atomic mass is 10.1. The average molecular weight is 251 g/mol. The lowest BCUT2D eigenvalue weighted by molar-refractivity contribution is -0.126. The van der Waals surface area contributed by atoms with Crippen LogP contribution in [0.4, 0.5) is 0 Å². The standard InChI is InChI=1S/C14H25N3O/c1-3-4-10-16-14(18)12(2)17(11-9-15)13-7-5-6-8-13/h12-13H,3-8,10-11H2,1-2H3,(H,16,18). The van der Waals surface area contributed by atoms with E-state index in [1.54, 1.807) is 0 Å². The van der Waals surface area contributed by atoms with Crippen molar-refractivity contribution in [3.63, 3.8) is 0 Å². The van der Waals surface area contributed by atoms with E-state index in [9.17, 15) is 4.79 Å². The molecule has 1 amide bonds. The van der Waals surface area contributed by atoms with Crippen molar-refractivity contribution in [3.8, 4) is 6.07 Å². The Kier molecular flexibility index (Phi) is 6.74. The Bertz CT molecular complexity index is 292. The Morgan fingerprint density at radius 3 is 2.72 bits per heavy atom. The molecule has 18 heavy (non-hydrogen) atoms. The molecule has 1 fully saturated rings. The molecule has 1 atom stereocenters. The van der Waals surface area contributed by atoms with Crippen molar-refractivity contribution in [2.24, 2.45) is 0 Å². The van der Waals surface area contributed by atoms with Crippen LogP contribution < -0.4 is 5.32 Å². The Balaban J connectivity index is 2.50. The Labute approximate surface area is 110 Å². The zero-order valence-corrected chi connectivity index (χ0v) is 11.6. The van der Waals surface area contributed by atoms with Gasteiger partial charge in [-0.25, -0.2) is 0 Å². The summed E-state index contributed by atoms with van der Waals surface area (Å²) in [6, 6.07) is 2.42. The van der Waals surface area contributed by atoms with Gasteiger partial charge >= 0.3 is 0 Å². The Morgan fingerprint density at radius 1 is 1.50 bits per heavy atom. The second kappa shape index (κ2) is 8.10. The van der Waals surface area contributed by atoms with Crippen LogP contribution in [0.15, 0.2) is 0 Å². The molecule has 0 saturated heterocycles. The summed E-state index contributed by atoms with van der Waals surface area (Å²) < 4.78 is 0. The number of nitrogens with one attached hydrogen (secondary N) is 1.